The van der Waals surface area contributed by atoms with Gasteiger partial charge in [-0.25, -0.2) is 0 Å². The Morgan fingerprint density at radius 2 is 1.71 bits per heavy atom. The first kappa shape index (κ1) is 23.5. The van der Waals surface area contributed by atoms with Gasteiger partial charge in [-0.15, -0.1) is 0 Å². The normalized spacial score (nSPS) is 18.9. The quantitative estimate of drug-likeness (QED) is 0.368. The van der Waals surface area contributed by atoms with Crippen LogP contribution in [0.5, 0.6) is 5.75 Å². The van der Waals surface area contributed by atoms with E-state index in [0.717, 1.165) is 25.7 Å². The molecule has 1 aromatic heterocycles. The van der Waals surface area contributed by atoms with Gasteiger partial charge < -0.3 is 9.47 Å². The Kier molecular flexibility index (Phi) is 6.40. The molecule has 5 nitrogen and oxygen atoms in total. The topological polar surface area (TPSA) is 65.5 Å². The molecule has 172 valence electrons. The lowest BCUT2D eigenvalue weighted by Crippen LogP contribution is -2.31. The number of halogens is 3. The third-order valence-electron chi connectivity index (χ3n) is 5.68. The van der Waals surface area contributed by atoms with Crippen molar-refractivity contribution in [2.75, 3.05) is 6.61 Å². The number of carbonyl (C=O) groups is 2. The van der Waals surface area contributed by atoms with Crippen LogP contribution in [0.25, 0.3) is 0 Å². The first-order valence-corrected chi connectivity index (χ1v) is 10.7. The van der Waals surface area contributed by atoms with E-state index in [1.165, 1.54) is 12.3 Å². The SMILES string of the molecule is CC(C)(C)OC(=O)CC(C)(CC(=O)c1cc(OCC(F)(F)F)c(C2CC2)cn1)C1CC1. The second-order valence-electron chi connectivity index (χ2n) is 10.1. The minimum absolute atomic E-state index is 0.0673. The maximum atomic E-state index is 13.0. The number of alkyl halides is 3. The van der Waals surface area contributed by atoms with Gasteiger partial charge in [0.15, 0.2) is 12.4 Å². The average Bonchev–Trinajstić information content (AvgIpc) is 3.50. The number of rotatable bonds is 9. The van der Waals surface area contributed by atoms with Crippen LogP contribution in [0.4, 0.5) is 13.2 Å². The molecule has 0 aromatic carbocycles. The monoisotopic (exact) mass is 441 g/mol. The standard InChI is InChI=1S/C23H30F3NO4/c1-21(2,3)31-20(29)11-22(4,15-7-8-15)10-18(28)17-9-19(30-13-23(24,25)26)16(12-27-17)14-5-6-14/h9,12,14-15H,5-8,10-11,13H2,1-4H3. The van der Waals surface area contributed by atoms with Crippen LogP contribution < -0.4 is 4.74 Å². The van der Waals surface area contributed by atoms with Crippen LogP contribution in [0.3, 0.4) is 0 Å². The third kappa shape index (κ3) is 6.94. The first-order valence-electron chi connectivity index (χ1n) is 10.7. The molecule has 3 rings (SSSR count). The van der Waals surface area contributed by atoms with E-state index in [1.807, 2.05) is 6.92 Å². The minimum Gasteiger partial charge on any atom is -0.484 e. The van der Waals surface area contributed by atoms with E-state index in [9.17, 15) is 22.8 Å². The zero-order chi connectivity index (χ0) is 23.0. The Hall–Kier alpha value is -2.12. The van der Waals surface area contributed by atoms with Gasteiger partial charge in [0, 0.05) is 24.2 Å². The van der Waals surface area contributed by atoms with Gasteiger partial charge in [-0.05, 0) is 63.7 Å². The highest BCUT2D eigenvalue weighted by atomic mass is 19.4. The fourth-order valence-electron chi connectivity index (χ4n) is 3.88. The van der Waals surface area contributed by atoms with E-state index >= 15 is 0 Å². The molecule has 0 spiro atoms. The highest BCUT2D eigenvalue weighted by Gasteiger charge is 2.45. The van der Waals surface area contributed by atoms with Gasteiger partial charge in [0.05, 0.1) is 6.42 Å². The van der Waals surface area contributed by atoms with Crippen molar-refractivity contribution in [2.24, 2.45) is 11.3 Å². The van der Waals surface area contributed by atoms with Gasteiger partial charge in [0.1, 0.15) is 17.0 Å². The largest absolute Gasteiger partial charge is 0.484 e. The predicted molar refractivity (Wildman–Crippen MR) is 108 cm³/mol. The number of aromatic nitrogens is 1. The number of esters is 1. The van der Waals surface area contributed by atoms with E-state index in [-0.39, 0.29) is 47.9 Å². The number of ether oxygens (including phenoxy) is 2. The molecule has 31 heavy (non-hydrogen) atoms. The summed E-state index contributed by atoms with van der Waals surface area (Å²) >= 11 is 0. The van der Waals surface area contributed by atoms with Crippen LogP contribution >= 0.6 is 0 Å². The van der Waals surface area contributed by atoms with Crippen LogP contribution in [0.2, 0.25) is 0 Å². The van der Waals surface area contributed by atoms with E-state index in [1.54, 1.807) is 20.8 Å². The van der Waals surface area contributed by atoms with Crippen molar-refractivity contribution in [3.63, 3.8) is 0 Å². The van der Waals surface area contributed by atoms with Crippen molar-refractivity contribution in [1.82, 2.24) is 4.98 Å². The van der Waals surface area contributed by atoms with Gasteiger partial charge >= 0.3 is 12.1 Å². The molecule has 1 atom stereocenters. The molecule has 1 heterocycles. The smallest absolute Gasteiger partial charge is 0.422 e. The van der Waals surface area contributed by atoms with Gasteiger partial charge in [-0.2, -0.15) is 13.2 Å². The number of hydrogen-bond acceptors (Lipinski definition) is 5. The second kappa shape index (κ2) is 8.43. The third-order valence-corrected chi connectivity index (χ3v) is 5.68. The van der Waals surface area contributed by atoms with Crippen molar-refractivity contribution < 1.29 is 32.2 Å². The summed E-state index contributed by atoms with van der Waals surface area (Å²) in [6.45, 7) is 5.85. The van der Waals surface area contributed by atoms with Crippen LogP contribution in [0.1, 0.15) is 88.2 Å². The Labute approximate surface area is 180 Å². The lowest BCUT2D eigenvalue weighted by Gasteiger charge is -2.30. The van der Waals surface area contributed by atoms with Crippen molar-refractivity contribution >= 4 is 11.8 Å². The van der Waals surface area contributed by atoms with Crippen LogP contribution in [0.15, 0.2) is 12.3 Å². The molecule has 0 saturated heterocycles. The summed E-state index contributed by atoms with van der Waals surface area (Å²) in [6, 6.07) is 1.32. The van der Waals surface area contributed by atoms with Crippen molar-refractivity contribution in [3.05, 3.63) is 23.5 Å². The number of nitrogens with zero attached hydrogens (tertiary/aromatic N) is 1. The summed E-state index contributed by atoms with van der Waals surface area (Å²) < 4.78 is 48.4. The summed E-state index contributed by atoms with van der Waals surface area (Å²) in [4.78, 5) is 29.6. The lowest BCUT2D eigenvalue weighted by molar-refractivity contribution is -0.157. The van der Waals surface area contributed by atoms with Crippen LogP contribution in [-0.2, 0) is 9.53 Å². The molecule has 2 saturated carbocycles. The fraction of sp³-hybridized carbons (Fsp3) is 0.696. The van der Waals surface area contributed by atoms with Gasteiger partial charge in [0.25, 0.3) is 0 Å². The van der Waals surface area contributed by atoms with Crippen molar-refractivity contribution in [2.45, 2.75) is 83.9 Å². The Balaban J connectivity index is 1.75. The van der Waals surface area contributed by atoms with Crippen LogP contribution in [-0.4, -0.2) is 35.1 Å². The Bertz CT molecular complexity index is 838. The molecule has 2 aliphatic rings. The minimum atomic E-state index is -4.47. The second-order valence-corrected chi connectivity index (χ2v) is 10.1. The molecule has 0 amide bonds. The zero-order valence-electron chi connectivity index (χ0n) is 18.5. The number of carbonyl (C=O) groups excluding carboxylic acids is 2. The molecule has 1 aromatic rings. The summed E-state index contributed by atoms with van der Waals surface area (Å²) in [6.07, 6.45) is 0.774. The maximum absolute atomic E-state index is 13.0. The molecular formula is C23H30F3NO4. The summed E-state index contributed by atoms with van der Waals surface area (Å²) in [5, 5.41) is 0. The van der Waals surface area contributed by atoms with Crippen LogP contribution in [0, 0.1) is 11.3 Å². The molecular weight excluding hydrogens is 411 g/mol. The van der Waals surface area contributed by atoms with E-state index in [4.69, 9.17) is 9.47 Å². The molecule has 0 bridgehead atoms. The molecule has 2 fully saturated rings. The number of pyridine rings is 1. The number of hydrogen-bond donors (Lipinski definition) is 0. The van der Waals surface area contributed by atoms with E-state index in [0.29, 0.717) is 5.56 Å². The molecule has 0 aliphatic heterocycles. The molecule has 0 radical (unpaired) electrons. The number of ketones is 1. The van der Waals surface area contributed by atoms with Gasteiger partial charge in [0.2, 0.25) is 0 Å². The highest BCUT2D eigenvalue weighted by molar-refractivity contribution is 5.95. The molecule has 8 heteroatoms. The Morgan fingerprint density at radius 3 is 2.23 bits per heavy atom. The van der Waals surface area contributed by atoms with E-state index < -0.39 is 23.8 Å². The van der Waals surface area contributed by atoms with Gasteiger partial charge in [-0.1, -0.05) is 6.92 Å². The molecule has 2 aliphatic carbocycles. The maximum Gasteiger partial charge on any atom is 0.422 e. The molecule has 0 N–H and O–H groups in total. The number of Topliss-reactive ketones (excluding diaryl/α,β-unsaturated/α-hetero) is 1. The van der Waals surface area contributed by atoms with Crippen molar-refractivity contribution in [3.8, 4) is 5.75 Å². The zero-order valence-corrected chi connectivity index (χ0v) is 18.5. The summed E-state index contributed by atoms with van der Waals surface area (Å²) in [5.74, 6) is -0.240. The highest BCUT2D eigenvalue weighted by Crippen LogP contribution is 2.51. The predicted octanol–water partition coefficient (Wildman–Crippen LogP) is 5.62. The lowest BCUT2D eigenvalue weighted by atomic mass is 9.76. The fourth-order valence-corrected chi connectivity index (χ4v) is 3.88. The summed E-state index contributed by atoms with van der Waals surface area (Å²) in [5.41, 5.74) is -0.517. The van der Waals surface area contributed by atoms with E-state index in [2.05, 4.69) is 4.98 Å². The first-order chi connectivity index (χ1) is 14.3. The average molecular weight is 441 g/mol. The molecule has 1 unspecified atom stereocenters. The van der Waals surface area contributed by atoms with Crippen molar-refractivity contribution in [1.29, 1.82) is 0 Å². The Morgan fingerprint density at radius 1 is 1.06 bits per heavy atom. The summed E-state index contributed by atoms with van der Waals surface area (Å²) in [7, 11) is 0. The van der Waals surface area contributed by atoms with Gasteiger partial charge in [-0.3, -0.25) is 14.6 Å².